The molecular formula is C43H48F2N7O6P. The summed E-state index contributed by atoms with van der Waals surface area (Å²) in [4.78, 5) is 12.8. The average molecular weight is 828 g/mol. The van der Waals surface area contributed by atoms with Gasteiger partial charge in [-0.25, -0.2) is 28.4 Å². The van der Waals surface area contributed by atoms with Crippen molar-refractivity contribution in [2.24, 2.45) is 0 Å². The molecule has 2 saturated carbocycles. The number of hydrogen-bond acceptors (Lipinski definition) is 12. The number of aromatic nitrogens is 4. The Balaban J connectivity index is 1.33. The minimum absolute atomic E-state index is 0.0248. The number of anilines is 1. The Morgan fingerprint density at radius 1 is 0.932 bits per heavy atom. The summed E-state index contributed by atoms with van der Waals surface area (Å²) in [6.45, 7) is 7.95. The van der Waals surface area contributed by atoms with E-state index in [0.29, 0.717) is 28.2 Å². The molecule has 2 aromatic heterocycles. The Hall–Kier alpha value is -4.81. The normalized spacial score (nSPS) is 26.6. The van der Waals surface area contributed by atoms with Gasteiger partial charge in [-0.15, -0.1) is 0 Å². The van der Waals surface area contributed by atoms with Crippen LogP contribution in [0.3, 0.4) is 0 Å². The molecule has 2 aliphatic carbocycles. The van der Waals surface area contributed by atoms with E-state index in [1.165, 1.54) is 17.2 Å². The number of ether oxygens (including phenoxy) is 4. The van der Waals surface area contributed by atoms with Crippen LogP contribution in [0.1, 0.15) is 69.9 Å². The molecule has 0 spiro atoms. The van der Waals surface area contributed by atoms with Gasteiger partial charge in [0.25, 0.3) is 8.53 Å². The van der Waals surface area contributed by atoms with Crippen molar-refractivity contribution in [1.29, 1.82) is 5.26 Å². The molecule has 13 nitrogen and oxygen atoms in total. The van der Waals surface area contributed by atoms with Gasteiger partial charge in [-0.1, -0.05) is 54.6 Å². The van der Waals surface area contributed by atoms with Crippen LogP contribution >= 0.6 is 8.53 Å². The lowest BCUT2D eigenvalue weighted by Crippen LogP contribution is -2.52. The molecule has 3 aromatic carbocycles. The first-order valence-corrected chi connectivity index (χ1v) is 20.7. The smallest absolute Gasteiger partial charge is 0.260 e. The summed E-state index contributed by atoms with van der Waals surface area (Å²) in [5.74, 6) is 1.35. The van der Waals surface area contributed by atoms with E-state index in [2.05, 4.69) is 21.0 Å². The lowest BCUT2D eigenvalue weighted by atomic mass is 9.79. The predicted octanol–water partition coefficient (Wildman–Crippen LogP) is 7.96. The number of fused-ring (bicyclic) bond motifs is 4. The number of nitrogens with two attached hydrogens (primary N) is 1. The summed E-state index contributed by atoms with van der Waals surface area (Å²) < 4.78 is 78.7. The summed E-state index contributed by atoms with van der Waals surface area (Å²) in [7, 11) is 1.08. The quantitative estimate of drug-likeness (QED) is 0.0584. The molecule has 0 bridgehead atoms. The number of benzene rings is 3. The SMILES string of the molecule is COc1ccc(C(O[C@]23C[C@@]2(F)C[C@]2(OP(OCCC#N)N(C(C)C)C(C)C)[C@@H](F)[C@H](n4cnc5c(N)ncnc54)O[C@@H]23)(c2ccccc2)c2ccc(OC)cc2)cc1. The highest BCUT2D eigenvalue weighted by Gasteiger charge is 2.91. The van der Waals surface area contributed by atoms with Crippen LogP contribution in [0, 0.1) is 11.3 Å². The second kappa shape index (κ2) is 15.7. The van der Waals surface area contributed by atoms with Gasteiger partial charge in [0.05, 0.1) is 39.6 Å². The zero-order chi connectivity index (χ0) is 41.7. The zero-order valence-electron chi connectivity index (χ0n) is 33.8. The van der Waals surface area contributed by atoms with Crippen LogP contribution in [0.15, 0.2) is 91.5 Å². The van der Waals surface area contributed by atoms with E-state index >= 15 is 8.78 Å². The van der Waals surface area contributed by atoms with E-state index < -0.39 is 55.9 Å². The van der Waals surface area contributed by atoms with Crippen LogP contribution in [0.4, 0.5) is 14.6 Å². The van der Waals surface area contributed by atoms with E-state index in [9.17, 15) is 5.26 Å². The largest absolute Gasteiger partial charge is 0.497 e. The molecule has 3 fully saturated rings. The number of halogens is 2. The van der Waals surface area contributed by atoms with Gasteiger partial charge >= 0.3 is 0 Å². The number of rotatable bonds is 16. The molecule has 16 heteroatoms. The molecule has 7 atom stereocenters. The van der Waals surface area contributed by atoms with E-state index in [-0.39, 0.29) is 48.5 Å². The molecule has 2 N–H and O–H groups in total. The summed E-state index contributed by atoms with van der Waals surface area (Å²) >= 11 is 0. The second-order valence-corrected chi connectivity index (χ2v) is 17.2. The summed E-state index contributed by atoms with van der Waals surface area (Å²) in [6, 6.07) is 26.2. The number of nitrogen functional groups attached to an aromatic ring is 1. The first-order valence-electron chi connectivity index (χ1n) is 19.6. The van der Waals surface area contributed by atoms with Gasteiger partial charge in [-0.2, -0.15) is 5.26 Å². The van der Waals surface area contributed by atoms with Crippen molar-refractivity contribution in [3.63, 3.8) is 0 Å². The third-order valence-electron chi connectivity index (χ3n) is 11.7. The molecule has 1 saturated heterocycles. The van der Waals surface area contributed by atoms with Crippen LogP contribution in [-0.2, 0) is 24.1 Å². The van der Waals surface area contributed by atoms with E-state index in [4.69, 9.17) is 33.7 Å². The third-order valence-corrected chi connectivity index (χ3v) is 13.9. The fraction of sp³-hybridized carbons (Fsp3) is 0.442. The highest BCUT2D eigenvalue weighted by Crippen LogP contribution is 2.76. The zero-order valence-corrected chi connectivity index (χ0v) is 34.7. The van der Waals surface area contributed by atoms with Crippen LogP contribution in [0.2, 0.25) is 0 Å². The highest BCUT2D eigenvalue weighted by atomic mass is 31.2. The monoisotopic (exact) mass is 827 g/mol. The topological polar surface area (TPSA) is 152 Å². The van der Waals surface area contributed by atoms with Crippen molar-refractivity contribution in [2.75, 3.05) is 26.6 Å². The van der Waals surface area contributed by atoms with E-state index in [1.54, 1.807) is 14.2 Å². The minimum Gasteiger partial charge on any atom is -0.497 e. The summed E-state index contributed by atoms with van der Waals surface area (Å²) in [5, 5.41) is 9.45. The molecule has 8 rings (SSSR count). The fourth-order valence-electron chi connectivity index (χ4n) is 9.03. The Morgan fingerprint density at radius 2 is 1.54 bits per heavy atom. The molecule has 1 unspecified atom stereocenters. The number of hydrogen-bond donors (Lipinski definition) is 1. The molecule has 310 valence electrons. The second-order valence-electron chi connectivity index (χ2n) is 15.8. The number of nitriles is 1. The Kier molecular flexibility index (Phi) is 10.9. The predicted molar refractivity (Wildman–Crippen MR) is 217 cm³/mol. The van der Waals surface area contributed by atoms with Crippen molar-refractivity contribution in [1.82, 2.24) is 24.2 Å². The van der Waals surface area contributed by atoms with Gasteiger partial charge in [-0.3, -0.25) is 4.57 Å². The Morgan fingerprint density at radius 3 is 2.12 bits per heavy atom. The lowest BCUT2D eigenvalue weighted by Gasteiger charge is -2.43. The maximum Gasteiger partial charge on any atom is 0.260 e. The van der Waals surface area contributed by atoms with Crippen molar-refractivity contribution in [3.05, 3.63) is 108 Å². The summed E-state index contributed by atoms with van der Waals surface area (Å²) in [5.41, 5.74) is 1.41. The van der Waals surface area contributed by atoms with E-state index in [1.807, 2.05) is 111 Å². The van der Waals surface area contributed by atoms with Crippen LogP contribution in [0.5, 0.6) is 11.5 Å². The Labute approximate surface area is 343 Å². The van der Waals surface area contributed by atoms with Crippen molar-refractivity contribution >= 4 is 25.5 Å². The van der Waals surface area contributed by atoms with E-state index in [0.717, 1.165) is 0 Å². The van der Waals surface area contributed by atoms with Gasteiger partial charge < -0.3 is 33.7 Å². The first-order chi connectivity index (χ1) is 28.4. The van der Waals surface area contributed by atoms with Gasteiger partial charge in [0.1, 0.15) is 51.9 Å². The fourth-order valence-corrected chi connectivity index (χ4v) is 10.9. The number of imidazole rings is 1. The van der Waals surface area contributed by atoms with Crippen LogP contribution in [0.25, 0.3) is 11.2 Å². The molecule has 59 heavy (non-hydrogen) atoms. The maximum absolute atomic E-state index is 18.2. The highest BCUT2D eigenvalue weighted by molar-refractivity contribution is 7.44. The third kappa shape index (κ3) is 6.61. The number of nitrogens with zero attached hydrogens (tertiary/aromatic N) is 6. The molecule has 3 heterocycles. The molecule has 0 radical (unpaired) electrons. The van der Waals surface area contributed by atoms with Crippen LogP contribution < -0.4 is 15.2 Å². The van der Waals surface area contributed by atoms with Gasteiger partial charge in [0.2, 0.25) is 0 Å². The number of methoxy groups -OCH3 is 2. The summed E-state index contributed by atoms with van der Waals surface area (Å²) in [6.07, 6.45) is -2.48. The maximum atomic E-state index is 18.2. The van der Waals surface area contributed by atoms with Crippen molar-refractivity contribution in [3.8, 4) is 17.6 Å². The first kappa shape index (κ1) is 40.9. The lowest BCUT2D eigenvalue weighted by molar-refractivity contribution is -0.166. The van der Waals surface area contributed by atoms with Crippen molar-refractivity contribution in [2.45, 2.75) is 100 Å². The molecule has 0 amide bonds. The van der Waals surface area contributed by atoms with Gasteiger partial charge in [0, 0.05) is 24.9 Å². The standard InChI is InChI=1S/C43H48F2N7O6P/c1-27(2)52(28(3)4)59(55-22-10-21-46)58-41-23-40(45)24-42(40,39(41)56-38(35(41)44)51-26-50-34-36(47)48-25-49-37(34)51)57-43(29-11-8-7-9-12-29,30-13-17-32(53-5)18-14-30)31-15-19-33(54-6)20-16-31/h7-9,11-20,25-28,35,38-39H,10,22-24H2,1-6H3,(H2,47,48,49)/t35-,38+,39-,40-,41-,42-,59?/m0/s1. The van der Waals surface area contributed by atoms with Gasteiger partial charge in [0.15, 0.2) is 23.9 Å². The van der Waals surface area contributed by atoms with Gasteiger partial charge in [-0.05, 0) is 68.7 Å². The van der Waals surface area contributed by atoms with Crippen LogP contribution in [-0.4, -0.2) is 86.2 Å². The number of alkyl halides is 2. The minimum atomic E-state index is -2.11. The molecular weight excluding hydrogens is 779 g/mol. The average Bonchev–Trinajstić information content (AvgIpc) is 3.45. The molecule has 3 aliphatic rings. The molecule has 5 aromatic rings. The van der Waals surface area contributed by atoms with Crippen molar-refractivity contribution < 1.29 is 36.8 Å². The Bertz CT molecular complexity index is 2260. The molecule has 1 aliphatic heterocycles.